The number of hydrogen-bond donors (Lipinski definition) is 1. The second kappa shape index (κ2) is 2.37. The fraction of sp³-hybridized carbons (Fsp3) is 0.444. The minimum absolute atomic E-state index is 0.523. The number of nitrogens with zero attached hydrogens (tertiary/aromatic N) is 2. The number of hydrogen-bond acceptors (Lipinski definition) is 1. The van der Waals surface area contributed by atoms with Crippen LogP contribution in [0.4, 0.5) is 0 Å². The maximum atomic E-state index is 4.27. The highest BCUT2D eigenvalue weighted by Gasteiger charge is 2.07. The minimum atomic E-state index is 0.523. The zero-order chi connectivity index (χ0) is 8.72. The van der Waals surface area contributed by atoms with Crippen molar-refractivity contribution in [2.24, 2.45) is 0 Å². The van der Waals surface area contributed by atoms with Crippen molar-refractivity contribution in [3.05, 3.63) is 23.8 Å². The van der Waals surface area contributed by atoms with E-state index < -0.39 is 0 Å². The summed E-state index contributed by atoms with van der Waals surface area (Å²) in [6, 6.07) is 0. The minimum Gasteiger partial charge on any atom is -0.328 e. The fourth-order valence-electron chi connectivity index (χ4n) is 1.43. The maximum absolute atomic E-state index is 4.27. The van der Waals surface area contributed by atoms with E-state index in [1.165, 1.54) is 5.69 Å². The highest BCUT2D eigenvalue weighted by Crippen LogP contribution is 2.15. The Morgan fingerprint density at radius 1 is 1.50 bits per heavy atom. The third kappa shape index (κ3) is 0.932. The van der Waals surface area contributed by atoms with Gasteiger partial charge in [0, 0.05) is 17.6 Å². The monoisotopic (exact) mass is 163 g/mol. The molecule has 64 valence electrons. The Hall–Kier alpha value is -1.25. The first-order valence-corrected chi connectivity index (χ1v) is 4.21. The lowest BCUT2D eigenvalue weighted by Gasteiger charge is -2.00. The molecule has 0 unspecified atom stereocenters. The van der Waals surface area contributed by atoms with Gasteiger partial charge in [-0.05, 0) is 12.8 Å². The van der Waals surface area contributed by atoms with Crippen LogP contribution in [0.1, 0.15) is 31.2 Å². The average molecular weight is 163 g/mol. The fourth-order valence-corrected chi connectivity index (χ4v) is 1.43. The standard InChI is InChI=1S/C9H13N3/c1-6(2)8-4-10-9-11-7(3)5-12(8)9/h4-6H,1-3H3,(H,10,11). The zero-order valence-corrected chi connectivity index (χ0v) is 7.63. The molecule has 0 saturated carbocycles. The molecule has 0 aliphatic heterocycles. The van der Waals surface area contributed by atoms with E-state index in [0.29, 0.717) is 5.92 Å². The van der Waals surface area contributed by atoms with Gasteiger partial charge in [0.1, 0.15) is 0 Å². The first kappa shape index (κ1) is 7.40. The number of aromatic nitrogens is 3. The molecular formula is C9H13N3. The van der Waals surface area contributed by atoms with Crippen molar-refractivity contribution >= 4 is 5.78 Å². The lowest BCUT2D eigenvalue weighted by Crippen LogP contribution is -1.91. The van der Waals surface area contributed by atoms with E-state index in [-0.39, 0.29) is 0 Å². The van der Waals surface area contributed by atoms with Gasteiger partial charge in [-0.25, -0.2) is 4.98 Å². The number of aryl methyl sites for hydroxylation is 1. The predicted molar refractivity (Wildman–Crippen MR) is 48.4 cm³/mol. The van der Waals surface area contributed by atoms with Crippen LogP contribution in [0, 0.1) is 6.92 Å². The maximum Gasteiger partial charge on any atom is 0.211 e. The Bertz CT molecular complexity index is 395. The topological polar surface area (TPSA) is 33.1 Å². The first-order chi connectivity index (χ1) is 5.68. The van der Waals surface area contributed by atoms with E-state index in [0.717, 1.165) is 11.5 Å². The summed E-state index contributed by atoms with van der Waals surface area (Å²) in [5, 5.41) is 0. The number of nitrogens with one attached hydrogen (secondary N) is 1. The Morgan fingerprint density at radius 2 is 2.25 bits per heavy atom. The van der Waals surface area contributed by atoms with E-state index >= 15 is 0 Å². The Morgan fingerprint density at radius 3 is 2.92 bits per heavy atom. The van der Waals surface area contributed by atoms with E-state index in [1.54, 1.807) is 0 Å². The molecule has 0 amide bonds. The molecular weight excluding hydrogens is 150 g/mol. The lowest BCUT2D eigenvalue weighted by molar-refractivity contribution is 0.810. The SMILES string of the molecule is Cc1cn2c(C(C)C)cnc2[nH]1. The summed E-state index contributed by atoms with van der Waals surface area (Å²) >= 11 is 0. The Balaban J connectivity index is 2.68. The van der Waals surface area contributed by atoms with Gasteiger partial charge in [-0.1, -0.05) is 13.8 Å². The predicted octanol–water partition coefficient (Wildman–Crippen LogP) is 2.09. The molecule has 0 aliphatic rings. The van der Waals surface area contributed by atoms with E-state index in [2.05, 4.69) is 34.4 Å². The van der Waals surface area contributed by atoms with Crippen LogP contribution in [-0.4, -0.2) is 14.4 Å². The molecule has 2 rings (SSSR count). The molecule has 0 saturated heterocycles. The lowest BCUT2D eigenvalue weighted by atomic mass is 10.1. The van der Waals surface area contributed by atoms with Gasteiger partial charge in [0.05, 0.1) is 6.20 Å². The molecule has 0 bridgehead atoms. The molecule has 0 atom stereocenters. The van der Waals surface area contributed by atoms with Gasteiger partial charge < -0.3 is 4.98 Å². The molecule has 1 N–H and O–H groups in total. The summed E-state index contributed by atoms with van der Waals surface area (Å²) < 4.78 is 2.11. The molecule has 12 heavy (non-hydrogen) atoms. The van der Waals surface area contributed by atoms with Crippen LogP contribution in [0.3, 0.4) is 0 Å². The highest BCUT2D eigenvalue weighted by atomic mass is 15.1. The van der Waals surface area contributed by atoms with Gasteiger partial charge in [-0.3, -0.25) is 4.40 Å². The first-order valence-electron chi connectivity index (χ1n) is 4.21. The second-order valence-electron chi connectivity index (χ2n) is 3.47. The number of aromatic amines is 1. The molecule has 0 aliphatic carbocycles. The van der Waals surface area contributed by atoms with Gasteiger partial charge >= 0.3 is 0 Å². The second-order valence-corrected chi connectivity index (χ2v) is 3.47. The van der Waals surface area contributed by atoms with E-state index in [9.17, 15) is 0 Å². The zero-order valence-electron chi connectivity index (χ0n) is 7.63. The summed E-state index contributed by atoms with van der Waals surface area (Å²) in [5.74, 6) is 1.46. The van der Waals surface area contributed by atoms with Crippen LogP contribution in [0.2, 0.25) is 0 Å². The number of imidazole rings is 2. The molecule has 0 aromatic carbocycles. The van der Waals surface area contributed by atoms with Crippen molar-refractivity contribution < 1.29 is 0 Å². The van der Waals surface area contributed by atoms with Crippen molar-refractivity contribution in [2.45, 2.75) is 26.7 Å². The smallest absolute Gasteiger partial charge is 0.211 e. The Kier molecular flexibility index (Phi) is 1.46. The molecule has 2 aromatic heterocycles. The molecule has 3 nitrogen and oxygen atoms in total. The van der Waals surface area contributed by atoms with Crippen molar-refractivity contribution in [1.29, 1.82) is 0 Å². The third-order valence-corrected chi connectivity index (χ3v) is 2.05. The van der Waals surface area contributed by atoms with Gasteiger partial charge in [0.25, 0.3) is 0 Å². The molecule has 0 fully saturated rings. The van der Waals surface area contributed by atoms with Crippen LogP contribution in [0.5, 0.6) is 0 Å². The summed E-state index contributed by atoms with van der Waals surface area (Å²) in [4.78, 5) is 7.45. The molecule has 2 heterocycles. The van der Waals surface area contributed by atoms with Gasteiger partial charge in [0.15, 0.2) is 0 Å². The van der Waals surface area contributed by atoms with Crippen LogP contribution < -0.4 is 0 Å². The van der Waals surface area contributed by atoms with Crippen LogP contribution >= 0.6 is 0 Å². The average Bonchev–Trinajstić information content (AvgIpc) is 2.43. The van der Waals surface area contributed by atoms with Crippen LogP contribution in [0.15, 0.2) is 12.4 Å². The highest BCUT2D eigenvalue weighted by molar-refractivity contribution is 5.34. The van der Waals surface area contributed by atoms with Crippen molar-refractivity contribution in [2.75, 3.05) is 0 Å². The quantitative estimate of drug-likeness (QED) is 0.686. The summed E-state index contributed by atoms with van der Waals surface area (Å²) in [6.07, 6.45) is 4.01. The molecule has 3 heteroatoms. The van der Waals surface area contributed by atoms with E-state index in [1.807, 2.05) is 13.1 Å². The summed E-state index contributed by atoms with van der Waals surface area (Å²) in [5.41, 5.74) is 2.41. The molecule has 0 spiro atoms. The van der Waals surface area contributed by atoms with Crippen molar-refractivity contribution in [3.63, 3.8) is 0 Å². The molecule has 0 radical (unpaired) electrons. The number of rotatable bonds is 1. The number of fused-ring (bicyclic) bond motifs is 1. The van der Waals surface area contributed by atoms with Gasteiger partial charge in [-0.2, -0.15) is 0 Å². The summed E-state index contributed by atoms with van der Waals surface area (Å²) in [7, 11) is 0. The summed E-state index contributed by atoms with van der Waals surface area (Å²) in [6.45, 7) is 6.39. The van der Waals surface area contributed by atoms with Crippen molar-refractivity contribution in [3.8, 4) is 0 Å². The van der Waals surface area contributed by atoms with Crippen LogP contribution in [-0.2, 0) is 0 Å². The van der Waals surface area contributed by atoms with Gasteiger partial charge in [-0.15, -0.1) is 0 Å². The normalized spacial score (nSPS) is 11.7. The largest absolute Gasteiger partial charge is 0.328 e. The molecule has 2 aromatic rings. The Labute approximate surface area is 71.4 Å². The van der Waals surface area contributed by atoms with Crippen molar-refractivity contribution in [1.82, 2.24) is 14.4 Å². The van der Waals surface area contributed by atoms with Gasteiger partial charge in [0.2, 0.25) is 5.78 Å². The number of H-pyrrole nitrogens is 1. The van der Waals surface area contributed by atoms with Crippen LogP contribution in [0.25, 0.3) is 5.78 Å². The van der Waals surface area contributed by atoms with E-state index in [4.69, 9.17) is 0 Å². The third-order valence-electron chi connectivity index (χ3n) is 2.05.